The fraction of sp³-hybridized carbons (Fsp3) is 0.667. The highest BCUT2D eigenvalue weighted by Gasteiger charge is 2.27. The summed E-state index contributed by atoms with van der Waals surface area (Å²) in [6, 6.07) is 2.31. The van der Waals surface area contributed by atoms with Gasteiger partial charge in [0.1, 0.15) is 0 Å². The van der Waals surface area contributed by atoms with Gasteiger partial charge in [-0.2, -0.15) is 0 Å². The molecule has 0 aromatic carbocycles. The van der Waals surface area contributed by atoms with Crippen molar-refractivity contribution in [3.63, 3.8) is 0 Å². The number of guanidine groups is 1. The summed E-state index contributed by atoms with van der Waals surface area (Å²) in [5, 5.41) is 6.56. The van der Waals surface area contributed by atoms with Crippen LogP contribution in [0.5, 0.6) is 0 Å². The van der Waals surface area contributed by atoms with Gasteiger partial charge in [-0.3, -0.25) is 0 Å². The molecule has 1 aliphatic heterocycles. The van der Waals surface area contributed by atoms with E-state index in [0.717, 1.165) is 17.9 Å². The van der Waals surface area contributed by atoms with Crippen LogP contribution in [-0.2, 0) is 23.4 Å². The van der Waals surface area contributed by atoms with Gasteiger partial charge in [-0.25, -0.2) is 13.4 Å². The molecule has 0 spiro atoms. The zero-order valence-corrected chi connectivity index (χ0v) is 14.4. The van der Waals surface area contributed by atoms with Crippen molar-refractivity contribution >= 4 is 15.8 Å². The number of aryl methyl sites for hydroxylation is 1. The van der Waals surface area contributed by atoms with Crippen LogP contribution in [0.25, 0.3) is 0 Å². The van der Waals surface area contributed by atoms with Crippen molar-refractivity contribution in [2.45, 2.75) is 32.9 Å². The molecular formula is C15H26N4O2S. The summed E-state index contributed by atoms with van der Waals surface area (Å²) < 4.78 is 25.0. The van der Waals surface area contributed by atoms with Crippen molar-refractivity contribution in [2.75, 3.05) is 18.1 Å². The molecule has 124 valence electrons. The first-order valence-electron chi connectivity index (χ1n) is 7.70. The summed E-state index contributed by atoms with van der Waals surface area (Å²) in [6.45, 7) is 5.36. The summed E-state index contributed by atoms with van der Waals surface area (Å²) in [5.41, 5.74) is 1.15. The first kappa shape index (κ1) is 16.9. The highest BCUT2D eigenvalue weighted by Crippen LogP contribution is 2.17. The molecule has 0 amide bonds. The van der Waals surface area contributed by atoms with Gasteiger partial charge >= 0.3 is 0 Å². The number of hydrogen-bond donors (Lipinski definition) is 2. The van der Waals surface area contributed by atoms with Crippen LogP contribution in [0.3, 0.4) is 0 Å². The molecule has 1 unspecified atom stereocenters. The second-order valence-electron chi connectivity index (χ2n) is 6.30. The Labute approximate surface area is 132 Å². The van der Waals surface area contributed by atoms with Crippen molar-refractivity contribution in [1.82, 2.24) is 15.2 Å². The maximum atomic E-state index is 11.5. The first-order chi connectivity index (χ1) is 10.3. The van der Waals surface area contributed by atoms with Crippen molar-refractivity contribution < 1.29 is 8.42 Å². The molecule has 1 aliphatic rings. The average Bonchev–Trinajstić information content (AvgIpc) is 2.98. The lowest BCUT2D eigenvalue weighted by molar-refractivity contribution is 0.562. The minimum atomic E-state index is -2.82. The number of hydrogen-bond acceptors (Lipinski definition) is 3. The molecular weight excluding hydrogens is 300 g/mol. The van der Waals surface area contributed by atoms with Crippen LogP contribution in [0, 0.1) is 5.92 Å². The molecule has 0 aliphatic carbocycles. The van der Waals surface area contributed by atoms with Gasteiger partial charge in [0.25, 0.3) is 0 Å². The maximum Gasteiger partial charge on any atom is 0.191 e. The Bertz CT molecular complexity index is 619. The quantitative estimate of drug-likeness (QED) is 0.623. The zero-order chi connectivity index (χ0) is 16.2. The van der Waals surface area contributed by atoms with Gasteiger partial charge in [0.15, 0.2) is 15.8 Å². The standard InChI is InChI=1S/C15H26N4O2S/c1-12(2)18-15(16-8-13-4-6-19(3)10-13)17-9-14-5-7-22(20,21)11-14/h4,6,10,12,14H,5,7-9,11H2,1-3H3,(H2,16,17,18). The average molecular weight is 326 g/mol. The molecule has 0 bridgehead atoms. The van der Waals surface area contributed by atoms with Gasteiger partial charge in [0.2, 0.25) is 0 Å². The Morgan fingerprint density at radius 2 is 2.27 bits per heavy atom. The van der Waals surface area contributed by atoms with Crippen LogP contribution in [-0.4, -0.2) is 43.0 Å². The third-order valence-electron chi connectivity index (χ3n) is 3.62. The van der Waals surface area contributed by atoms with Crippen LogP contribution in [0.15, 0.2) is 23.5 Å². The Kier molecular flexibility index (Phi) is 5.50. The fourth-order valence-electron chi connectivity index (χ4n) is 2.52. The zero-order valence-electron chi connectivity index (χ0n) is 13.5. The lowest BCUT2D eigenvalue weighted by Crippen LogP contribution is -2.43. The van der Waals surface area contributed by atoms with Gasteiger partial charge in [-0.15, -0.1) is 0 Å². The minimum absolute atomic E-state index is 0.181. The van der Waals surface area contributed by atoms with E-state index in [1.807, 2.05) is 30.1 Å². The third kappa shape index (κ3) is 5.36. The number of nitrogens with one attached hydrogen (secondary N) is 2. The Balaban J connectivity index is 1.91. The monoisotopic (exact) mass is 326 g/mol. The van der Waals surface area contributed by atoms with Crippen LogP contribution in [0.2, 0.25) is 0 Å². The third-order valence-corrected chi connectivity index (χ3v) is 5.46. The molecule has 2 heterocycles. The minimum Gasteiger partial charge on any atom is -0.357 e. The highest BCUT2D eigenvalue weighted by molar-refractivity contribution is 7.91. The summed E-state index contributed by atoms with van der Waals surface area (Å²) in [7, 11) is -0.837. The second kappa shape index (κ2) is 7.17. The van der Waals surface area contributed by atoms with Crippen molar-refractivity contribution in [3.8, 4) is 0 Å². The van der Waals surface area contributed by atoms with E-state index in [4.69, 9.17) is 0 Å². The first-order valence-corrected chi connectivity index (χ1v) is 9.52. The molecule has 2 rings (SSSR count). The molecule has 22 heavy (non-hydrogen) atoms. The number of aromatic nitrogens is 1. The SMILES string of the molecule is CC(C)NC(=NCc1ccn(C)c1)NCC1CCS(=O)(=O)C1. The van der Waals surface area contributed by atoms with Gasteiger partial charge in [-0.1, -0.05) is 0 Å². The summed E-state index contributed by atoms with van der Waals surface area (Å²) in [4.78, 5) is 4.58. The molecule has 1 aromatic heterocycles. The molecule has 1 aromatic rings. The number of rotatable bonds is 5. The van der Waals surface area contributed by atoms with Gasteiger partial charge in [0.05, 0.1) is 18.1 Å². The predicted octanol–water partition coefficient (Wildman–Crippen LogP) is 0.903. The molecule has 1 saturated heterocycles. The molecule has 0 radical (unpaired) electrons. The van der Waals surface area contributed by atoms with Crippen LogP contribution in [0.4, 0.5) is 0 Å². The van der Waals surface area contributed by atoms with Crippen molar-refractivity contribution in [3.05, 3.63) is 24.0 Å². The van der Waals surface area contributed by atoms with Crippen molar-refractivity contribution in [2.24, 2.45) is 18.0 Å². The van der Waals surface area contributed by atoms with Crippen LogP contribution < -0.4 is 10.6 Å². The van der Waals surface area contributed by atoms with E-state index >= 15 is 0 Å². The highest BCUT2D eigenvalue weighted by atomic mass is 32.2. The molecule has 7 heteroatoms. The van der Waals surface area contributed by atoms with Gasteiger partial charge < -0.3 is 15.2 Å². The Morgan fingerprint density at radius 1 is 1.50 bits per heavy atom. The molecule has 0 saturated carbocycles. The summed E-state index contributed by atoms with van der Waals surface area (Å²) >= 11 is 0. The molecule has 6 nitrogen and oxygen atoms in total. The van der Waals surface area contributed by atoms with E-state index in [1.54, 1.807) is 0 Å². The summed E-state index contributed by atoms with van der Waals surface area (Å²) in [6.07, 6.45) is 4.78. The lowest BCUT2D eigenvalue weighted by Gasteiger charge is -2.17. The maximum absolute atomic E-state index is 11.5. The normalized spacial score (nSPS) is 21.3. The van der Waals surface area contributed by atoms with E-state index in [1.165, 1.54) is 0 Å². The largest absolute Gasteiger partial charge is 0.357 e. The number of aliphatic imine (C=N–C) groups is 1. The Morgan fingerprint density at radius 3 is 2.82 bits per heavy atom. The smallest absolute Gasteiger partial charge is 0.191 e. The fourth-order valence-corrected chi connectivity index (χ4v) is 4.39. The van der Waals surface area contributed by atoms with Crippen molar-refractivity contribution in [1.29, 1.82) is 0 Å². The molecule has 2 N–H and O–H groups in total. The van der Waals surface area contributed by atoms with Crippen LogP contribution >= 0.6 is 0 Å². The van der Waals surface area contributed by atoms with E-state index in [9.17, 15) is 8.42 Å². The van der Waals surface area contributed by atoms with E-state index in [0.29, 0.717) is 18.8 Å². The predicted molar refractivity (Wildman–Crippen MR) is 89.6 cm³/mol. The number of nitrogens with zero attached hydrogens (tertiary/aromatic N) is 2. The Hall–Kier alpha value is -1.50. The van der Waals surface area contributed by atoms with Gasteiger partial charge in [-0.05, 0) is 37.8 Å². The lowest BCUT2D eigenvalue weighted by atomic mass is 10.1. The second-order valence-corrected chi connectivity index (χ2v) is 8.53. The van der Waals surface area contributed by atoms with E-state index in [-0.39, 0.29) is 17.7 Å². The number of sulfone groups is 1. The molecule has 1 atom stereocenters. The van der Waals surface area contributed by atoms with E-state index < -0.39 is 9.84 Å². The van der Waals surface area contributed by atoms with Crippen LogP contribution in [0.1, 0.15) is 25.8 Å². The molecule has 1 fully saturated rings. The summed E-state index contributed by atoms with van der Waals surface area (Å²) in [5.74, 6) is 1.52. The topological polar surface area (TPSA) is 75.5 Å². The van der Waals surface area contributed by atoms with Gasteiger partial charge in [0, 0.05) is 32.0 Å². The van der Waals surface area contributed by atoms with E-state index in [2.05, 4.69) is 29.5 Å².